The van der Waals surface area contributed by atoms with E-state index in [0.29, 0.717) is 0 Å². The Kier molecular flexibility index (Phi) is 3.50. The van der Waals surface area contributed by atoms with Crippen molar-refractivity contribution in [3.8, 4) is 17.0 Å². The molecule has 1 aliphatic rings. The first-order valence-electron chi connectivity index (χ1n) is 7.39. The summed E-state index contributed by atoms with van der Waals surface area (Å²) in [6, 6.07) is 10.9. The summed E-state index contributed by atoms with van der Waals surface area (Å²) in [6.07, 6.45) is 1.78. The maximum atomic E-state index is 9.34. The van der Waals surface area contributed by atoms with E-state index in [1.165, 1.54) is 0 Å². The zero-order valence-electron chi connectivity index (χ0n) is 13.3. The average Bonchev–Trinajstić information content (AvgIpc) is 2.68. The van der Waals surface area contributed by atoms with E-state index >= 15 is 0 Å². The molecule has 4 nitrogen and oxygen atoms in total. The maximum absolute atomic E-state index is 9.34. The Hall–Kier alpha value is -1.85. The summed E-state index contributed by atoms with van der Waals surface area (Å²) >= 11 is 0. The second-order valence-corrected chi connectivity index (χ2v) is 6.61. The van der Waals surface area contributed by atoms with E-state index in [-0.39, 0.29) is 17.0 Å². The minimum absolute atomic E-state index is 0.248. The Morgan fingerprint density at radius 3 is 2.00 bits per heavy atom. The van der Waals surface area contributed by atoms with Crippen LogP contribution in [0.25, 0.3) is 11.3 Å². The van der Waals surface area contributed by atoms with Crippen LogP contribution in [0.5, 0.6) is 5.75 Å². The minimum atomic E-state index is -0.397. The molecule has 0 saturated carbocycles. The fourth-order valence-corrected chi connectivity index (χ4v) is 2.33. The zero-order chi connectivity index (χ0) is 16.0. The molecule has 114 valence electrons. The number of phenols is 1. The molecule has 1 fully saturated rings. The number of phenolic OH excluding ortho intramolecular Hbond substituents is 1. The number of nitrogens with zero attached hydrogens (tertiary/aromatic N) is 1. The Labute approximate surface area is 131 Å². The zero-order valence-corrected chi connectivity index (χ0v) is 13.3. The molecule has 0 amide bonds. The normalized spacial score (nSPS) is 19.4. The lowest BCUT2D eigenvalue weighted by atomic mass is 9.80. The van der Waals surface area contributed by atoms with Gasteiger partial charge >= 0.3 is 7.12 Å². The van der Waals surface area contributed by atoms with E-state index in [1.54, 1.807) is 18.3 Å². The lowest BCUT2D eigenvalue weighted by molar-refractivity contribution is 0.00578. The van der Waals surface area contributed by atoms with Gasteiger partial charge in [-0.25, -0.2) is 0 Å². The molecule has 0 spiro atoms. The van der Waals surface area contributed by atoms with Crippen molar-refractivity contribution in [2.75, 3.05) is 0 Å². The molecule has 1 aromatic heterocycles. The number of pyridine rings is 1. The van der Waals surface area contributed by atoms with Crippen molar-refractivity contribution in [2.24, 2.45) is 0 Å². The van der Waals surface area contributed by atoms with Gasteiger partial charge in [0.15, 0.2) is 0 Å². The van der Waals surface area contributed by atoms with Crippen LogP contribution < -0.4 is 5.46 Å². The number of hydrogen-bond acceptors (Lipinski definition) is 4. The van der Waals surface area contributed by atoms with E-state index in [0.717, 1.165) is 16.7 Å². The molecule has 0 aliphatic carbocycles. The average molecular weight is 297 g/mol. The molecule has 22 heavy (non-hydrogen) atoms. The minimum Gasteiger partial charge on any atom is -0.508 e. The van der Waals surface area contributed by atoms with Crippen LogP contribution in [0.3, 0.4) is 0 Å². The third-order valence-corrected chi connectivity index (χ3v) is 4.47. The van der Waals surface area contributed by atoms with Crippen LogP contribution in [0.4, 0.5) is 0 Å². The molecule has 0 radical (unpaired) electrons. The highest BCUT2D eigenvalue weighted by Gasteiger charge is 2.51. The SMILES string of the molecule is CC1(C)OB(c2ccc(-c3ccc(O)cc3)nc2)OC1(C)C. The summed E-state index contributed by atoms with van der Waals surface area (Å²) < 4.78 is 12.0. The molecule has 5 heteroatoms. The lowest BCUT2D eigenvalue weighted by Gasteiger charge is -2.32. The molecule has 0 bridgehead atoms. The van der Waals surface area contributed by atoms with Crippen LogP contribution in [-0.4, -0.2) is 28.4 Å². The molecule has 1 aliphatic heterocycles. The maximum Gasteiger partial charge on any atom is 0.496 e. The first kappa shape index (κ1) is 15.1. The predicted molar refractivity (Wildman–Crippen MR) is 87.1 cm³/mol. The predicted octanol–water partition coefficient (Wildman–Crippen LogP) is 2.75. The molecule has 3 rings (SSSR count). The van der Waals surface area contributed by atoms with Crippen molar-refractivity contribution in [1.82, 2.24) is 4.98 Å². The molecule has 1 saturated heterocycles. The number of aromatic hydroxyl groups is 1. The summed E-state index contributed by atoms with van der Waals surface area (Å²) in [4.78, 5) is 4.48. The van der Waals surface area contributed by atoms with Crippen molar-refractivity contribution >= 4 is 12.6 Å². The molecular weight excluding hydrogens is 277 g/mol. The number of hydrogen-bond donors (Lipinski definition) is 1. The summed E-state index contributed by atoms with van der Waals surface area (Å²) in [5.74, 6) is 0.248. The number of aromatic nitrogens is 1. The Balaban J connectivity index is 1.82. The third kappa shape index (κ3) is 2.62. The van der Waals surface area contributed by atoms with Crippen molar-refractivity contribution < 1.29 is 14.4 Å². The first-order chi connectivity index (χ1) is 10.3. The van der Waals surface area contributed by atoms with Gasteiger partial charge in [-0.1, -0.05) is 6.07 Å². The third-order valence-electron chi connectivity index (χ3n) is 4.47. The molecular formula is C17H20BNO3. The van der Waals surface area contributed by atoms with Gasteiger partial charge in [0, 0.05) is 17.2 Å². The van der Waals surface area contributed by atoms with Crippen LogP contribution in [-0.2, 0) is 9.31 Å². The smallest absolute Gasteiger partial charge is 0.496 e. The van der Waals surface area contributed by atoms with Crippen molar-refractivity contribution in [3.05, 3.63) is 42.6 Å². The van der Waals surface area contributed by atoms with Crippen LogP contribution >= 0.6 is 0 Å². The van der Waals surface area contributed by atoms with Gasteiger partial charge in [-0.3, -0.25) is 4.98 Å². The van der Waals surface area contributed by atoms with E-state index < -0.39 is 7.12 Å². The molecule has 1 aromatic carbocycles. The van der Waals surface area contributed by atoms with Gasteiger partial charge in [0.1, 0.15) is 5.75 Å². The number of rotatable bonds is 2. The molecule has 2 aromatic rings. The summed E-state index contributed by atoms with van der Waals surface area (Å²) in [5, 5.41) is 9.34. The van der Waals surface area contributed by atoms with E-state index in [1.807, 2.05) is 52.0 Å². The fraction of sp³-hybridized carbons (Fsp3) is 0.353. The summed E-state index contributed by atoms with van der Waals surface area (Å²) in [7, 11) is -0.397. The van der Waals surface area contributed by atoms with Crippen molar-refractivity contribution in [2.45, 2.75) is 38.9 Å². The van der Waals surface area contributed by atoms with Gasteiger partial charge in [-0.2, -0.15) is 0 Å². The van der Waals surface area contributed by atoms with Gasteiger partial charge in [-0.15, -0.1) is 0 Å². The van der Waals surface area contributed by atoms with Crippen LogP contribution in [0.15, 0.2) is 42.6 Å². The lowest BCUT2D eigenvalue weighted by Crippen LogP contribution is -2.41. The van der Waals surface area contributed by atoms with E-state index in [9.17, 15) is 5.11 Å². The van der Waals surface area contributed by atoms with E-state index in [4.69, 9.17) is 9.31 Å². The second kappa shape index (κ2) is 5.11. The Morgan fingerprint density at radius 1 is 0.909 bits per heavy atom. The van der Waals surface area contributed by atoms with Gasteiger partial charge in [-0.05, 0) is 58.0 Å². The van der Waals surface area contributed by atoms with Crippen molar-refractivity contribution in [1.29, 1.82) is 0 Å². The monoisotopic (exact) mass is 297 g/mol. The van der Waals surface area contributed by atoms with Crippen LogP contribution in [0.1, 0.15) is 27.7 Å². The van der Waals surface area contributed by atoms with Gasteiger partial charge in [0.2, 0.25) is 0 Å². The molecule has 0 unspecified atom stereocenters. The van der Waals surface area contributed by atoms with Crippen molar-refractivity contribution in [3.63, 3.8) is 0 Å². The summed E-state index contributed by atoms with van der Waals surface area (Å²) in [5.41, 5.74) is 2.00. The Morgan fingerprint density at radius 2 is 1.50 bits per heavy atom. The Bertz CT molecular complexity index is 649. The topological polar surface area (TPSA) is 51.6 Å². The standard InChI is InChI=1S/C17H20BNO3/c1-16(2)17(3,4)22-18(21-16)13-7-10-15(19-11-13)12-5-8-14(20)9-6-12/h5-11,20H,1-4H3. The van der Waals surface area contributed by atoms with Gasteiger partial charge in [0.25, 0.3) is 0 Å². The van der Waals surface area contributed by atoms with Gasteiger partial charge in [0.05, 0.1) is 16.9 Å². The van der Waals surface area contributed by atoms with Crippen LogP contribution in [0, 0.1) is 0 Å². The largest absolute Gasteiger partial charge is 0.508 e. The molecule has 1 N–H and O–H groups in total. The molecule has 0 atom stereocenters. The highest BCUT2D eigenvalue weighted by atomic mass is 16.7. The van der Waals surface area contributed by atoms with E-state index in [2.05, 4.69) is 4.98 Å². The fourth-order valence-electron chi connectivity index (χ4n) is 2.33. The highest BCUT2D eigenvalue weighted by Crippen LogP contribution is 2.36. The first-order valence-corrected chi connectivity index (χ1v) is 7.39. The quantitative estimate of drug-likeness (QED) is 0.866. The number of benzene rings is 1. The van der Waals surface area contributed by atoms with Gasteiger partial charge < -0.3 is 14.4 Å². The summed E-state index contributed by atoms with van der Waals surface area (Å²) in [6.45, 7) is 8.13. The van der Waals surface area contributed by atoms with Crippen LogP contribution in [0.2, 0.25) is 0 Å². The second-order valence-electron chi connectivity index (χ2n) is 6.61. The highest BCUT2D eigenvalue weighted by molar-refractivity contribution is 6.62. The molecule has 2 heterocycles.